The summed E-state index contributed by atoms with van der Waals surface area (Å²) in [5.74, 6) is 0. The van der Waals surface area contributed by atoms with Gasteiger partial charge in [-0.1, -0.05) is 55.1 Å². The minimum Gasteiger partial charge on any atom is -0.186 e. The van der Waals surface area contributed by atoms with Crippen LogP contribution in [0.25, 0.3) is 22.4 Å². The maximum Gasteiger partial charge on any atom is 0.373 e. The largest absolute Gasteiger partial charge is 0.373 e. The summed E-state index contributed by atoms with van der Waals surface area (Å²) in [6, 6.07) is 12.7. The zero-order valence-corrected chi connectivity index (χ0v) is 10.3. The van der Waals surface area contributed by atoms with Crippen molar-refractivity contribution in [1.29, 1.82) is 0 Å². The molecule has 2 heteroatoms. The molecule has 0 fully saturated rings. The van der Waals surface area contributed by atoms with Crippen LogP contribution in [0.3, 0.4) is 0 Å². The molecule has 0 atom stereocenters. The normalized spacial score (nSPS) is 8.94. The summed E-state index contributed by atoms with van der Waals surface area (Å²) in [6.45, 7) is 9.82. The van der Waals surface area contributed by atoms with Gasteiger partial charge in [0.25, 0.3) is 0 Å². The fourth-order valence-electron chi connectivity index (χ4n) is 1.74. The van der Waals surface area contributed by atoms with Crippen LogP contribution in [0.2, 0.25) is 0 Å². The van der Waals surface area contributed by atoms with Crippen LogP contribution in [0.5, 0.6) is 0 Å². The molecule has 0 N–H and O–H groups in total. The quantitative estimate of drug-likeness (QED) is 0.794. The van der Waals surface area contributed by atoms with E-state index in [0.29, 0.717) is 0 Å². The Labute approximate surface area is 106 Å². The van der Waals surface area contributed by atoms with E-state index in [1.54, 1.807) is 0 Å². The van der Waals surface area contributed by atoms with Gasteiger partial charge in [-0.3, -0.25) is 0 Å². The Bertz CT molecular complexity index is 618. The summed E-state index contributed by atoms with van der Waals surface area (Å²) in [4.78, 5) is 16.2. The molecule has 0 heterocycles. The summed E-state index contributed by atoms with van der Waals surface area (Å²) in [5.41, 5.74) is 3.46. The van der Waals surface area contributed by atoms with Crippen molar-refractivity contribution in [3.05, 3.63) is 60.7 Å². The van der Waals surface area contributed by atoms with Gasteiger partial charge in [-0.05, 0) is 34.9 Å². The lowest BCUT2D eigenvalue weighted by atomic mass is 9.99. The fourth-order valence-corrected chi connectivity index (χ4v) is 1.74. The van der Waals surface area contributed by atoms with E-state index in [4.69, 9.17) is 9.59 Å². The van der Waals surface area contributed by atoms with Gasteiger partial charge in [0, 0.05) is 0 Å². The molecule has 18 heavy (non-hydrogen) atoms. The second-order valence-electron chi connectivity index (χ2n) is 3.85. The summed E-state index contributed by atoms with van der Waals surface area (Å²) >= 11 is 0. The van der Waals surface area contributed by atoms with E-state index in [-0.39, 0.29) is 6.15 Å². The molecular weight excluding hydrogens is 224 g/mol. The zero-order chi connectivity index (χ0) is 13.5. The molecule has 0 saturated heterocycles. The lowest BCUT2D eigenvalue weighted by Gasteiger charge is -2.05. The van der Waals surface area contributed by atoms with Crippen molar-refractivity contribution in [2.75, 3.05) is 0 Å². The second kappa shape index (κ2) is 6.33. The van der Waals surface area contributed by atoms with E-state index in [1.165, 1.54) is 21.9 Å². The van der Waals surface area contributed by atoms with Crippen LogP contribution in [0.4, 0.5) is 0 Å². The predicted molar refractivity (Wildman–Crippen MR) is 73.8 cm³/mol. The predicted octanol–water partition coefficient (Wildman–Crippen LogP) is 3.93. The number of allylic oxidation sites excluding steroid dienone is 1. The van der Waals surface area contributed by atoms with Crippen molar-refractivity contribution in [3.8, 4) is 0 Å². The van der Waals surface area contributed by atoms with Crippen LogP contribution in [0.15, 0.2) is 49.6 Å². The molecule has 0 aliphatic heterocycles. The average Bonchev–Trinajstić information content (AvgIpc) is 2.38. The molecule has 0 saturated carbocycles. The molecule has 2 aromatic rings. The Balaban J connectivity index is 0.000000492. The number of fused-ring (bicyclic) bond motifs is 1. The highest BCUT2D eigenvalue weighted by atomic mass is 16.2. The molecule has 2 aromatic carbocycles. The van der Waals surface area contributed by atoms with Gasteiger partial charge in [0.2, 0.25) is 0 Å². The molecular formula is C16H14O2. The fraction of sp³-hybridized carbons (Fsp3) is 0.0625. The molecule has 0 spiro atoms. The topological polar surface area (TPSA) is 34.1 Å². The molecule has 0 radical (unpaired) electrons. The van der Waals surface area contributed by atoms with E-state index in [2.05, 4.69) is 49.6 Å². The smallest absolute Gasteiger partial charge is 0.186 e. The Hall–Kier alpha value is -2.44. The number of hydrogen-bond acceptors (Lipinski definition) is 2. The van der Waals surface area contributed by atoms with Gasteiger partial charge >= 0.3 is 6.15 Å². The number of rotatable bonds is 2. The Morgan fingerprint density at radius 1 is 1.22 bits per heavy atom. The van der Waals surface area contributed by atoms with Crippen LogP contribution < -0.4 is 0 Å². The van der Waals surface area contributed by atoms with Crippen molar-refractivity contribution >= 4 is 28.6 Å². The minimum absolute atomic E-state index is 0.250. The number of carbonyl (C=O) groups excluding carboxylic acids is 2. The zero-order valence-electron chi connectivity index (χ0n) is 10.3. The van der Waals surface area contributed by atoms with Crippen molar-refractivity contribution in [3.63, 3.8) is 0 Å². The van der Waals surface area contributed by atoms with E-state index >= 15 is 0 Å². The highest BCUT2D eigenvalue weighted by Crippen LogP contribution is 2.23. The summed E-state index contributed by atoms with van der Waals surface area (Å²) in [6.07, 6.45) is 2.14. The first-order valence-electron chi connectivity index (χ1n) is 5.44. The van der Waals surface area contributed by atoms with Gasteiger partial charge in [0.05, 0.1) is 0 Å². The van der Waals surface area contributed by atoms with Gasteiger partial charge in [-0.2, -0.15) is 9.59 Å². The molecule has 2 rings (SSSR count). The van der Waals surface area contributed by atoms with E-state index in [9.17, 15) is 0 Å². The summed E-state index contributed by atoms with van der Waals surface area (Å²) in [5, 5.41) is 2.49. The van der Waals surface area contributed by atoms with Crippen LogP contribution in [0.1, 0.15) is 18.1 Å². The van der Waals surface area contributed by atoms with Crippen LogP contribution >= 0.6 is 0 Å². The summed E-state index contributed by atoms with van der Waals surface area (Å²) in [7, 11) is 0. The van der Waals surface area contributed by atoms with Crippen molar-refractivity contribution in [2.45, 2.75) is 6.92 Å². The number of benzene rings is 2. The van der Waals surface area contributed by atoms with Gasteiger partial charge in [0.1, 0.15) is 0 Å². The Morgan fingerprint density at radius 3 is 2.44 bits per heavy atom. The minimum atomic E-state index is 0.250. The van der Waals surface area contributed by atoms with Crippen molar-refractivity contribution in [1.82, 2.24) is 0 Å². The van der Waals surface area contributed by atoms with Crippen LogP contribution in [-0.4, -0.2) is 6.15 Å². The monoisotopic (exact) mass is 238 g/mol. The SMILES string of the molecule is C=Cc1cccc2ccc(C(=C)C)cc12.O=C=O. The molecule has 2 nitrogen and oxygen atoms in total. The van der Waals surface area contributed by atoms with Gasteiger partial charge in [-0.15, -0.1) is 0 Å². The first-order chi connectivity index (χ1) is 8.63. The summed E-state index contributed by atoms with van der Waals surface area (Å²) < 4.78 is 0. The Kier molecular flexibility index (Phi) is 4.79. The van der Waals surface area contributed by atoms with E-state index < -0.39 is 0 Å². The third-order valence-electron chi connectivity index (χ3n) is 2.63. The maximum absolute atomic E-state index is 8.12. The lowest BCUT2D eigenvalue weighted by molar-refractivity contribution is -0.191. The molecule has 0 aliphatic carbocycles. The van der Waals surface area contributed by atoms with Gasteiger partial charge < -0.3 is 0 Å². The van der Waals surface area contributed by atoms with E-state index in [0.717, 1.165) is 5.57 Å². The second-order valence-corrected chi connectivity index (χ2v) is 3.85. The third-order valence-corrected chi connectivity index (χ3v) is 2.63. The van der Waals surface area contributed by atoms with Crippen LogP contribution in [0, 0.1) is 0 Å². The van der Waals surface area contributed by atoms with Crippen LogP contribution in [-0.2, 0) is 9.59 Å². The maximum atomic E-state index is 8.12. The average molecular weight is 238 g/mol. The molecule has 0 aromatic heterocycles. The van der Waals surface area contributed by atoms with Crippen molar-refractivity contribution < 1.29 is 9.59 Å². The first kappa shape index (κ1) is 13.6. The molecule has 0 amide bonds. The highest BCUT2D eigenvalue weighted by Gasteiger charge is 1.99. The highest BCUT2D eigenvalue weighted by molar-refractivity contribution is 5.92. The number of hydrogen-bond donors (Lipinski definition) is 0. The first-order valence-corrected chi connectivity index (χ1v) is 5.44. The van der Waals surface area contributed by atoms with Gasteiger partial charge in [0.15, 0.2) is 0 Å². The van der Waals surface area contributed by atoms with Crippen molar-refractivity contribution in [2.24, 2.45) is 0 Å². The molecule has 0 bridgehead atoms. The third kappa shape index (κ3) is 3.03. The standard InChI is InChI=1S/C15H14.CO2/c1-4-12-6-5-7-13-8-9-14(11(2)3)10-15(12)13;2-1-3/h4-10H,1-2H2,3H3;. The van der Waals surface area contributed by atoms with E-state index in [1.807, 2.05) is 13.0 Å². The van der Waals surface area contributed by atoms with Gasteiger partial charge in [-0.25, -0.2) is 0 Å². The molecule has 0 unspecified atom stereocenters. The molecule has 0 aliphatic rings. The Morgan fingerprint density at radius 2 is 1.89 bits per heavy atom. The molecule has 90 valence electrons. The lowest BCUT2D eigenvalue weighted by Crippen LogP contribution is -1.82.